The highest BCUT2D eigenvalue weighted by molar-refractivity contribution is 5.71. The molecule has 3 heteroatoms. The van der Waals surface area contributed by atoms with Crippen molar-refractivity contribution in [3.05, 3.63) is 35.9 Å². The van der Waals surface area contributed by atoms with E-state index in [9.17, 15) is 4.79 Å². The molecule has 1 aromatic carbocycles. The van der Waals surface area contributed by atoms with E-state index in [2.05, 4.69) is 4.74 Å². The first-order valence-electron chi connectivity index (χ1n) is 4.95. The summed E-state index contributed by atoms with van der Waals surface area (Å²) in [5, 5.41) is 0. The molecular weight excluding hydrogens is 190 g/mol. The lowest BCUT2D eigenvalue weighted by atomic mass is 9.79. The average molecular weight is 207 g/mol. The van der Waals surface area contributed by atoms with E-state index in [1.807, 2.05) is 37.3 Å². The Morgan fingerprint density at radius 2 is 2.00 bits per heavy atom. The molecular formula is C12H17NO2. The van der Waals surface area contributed by atoms with E-state index in [0.717, 1.165) is 5.56 Å². The predicted molar refractivity (Wildman–Crippen MR) is 59.5 cm³/mol. The van der Waals surface area contributed by atoms with Crippen LogP contribution >= 0.6 is 0 Å². The molecule has 0 aromatic heterocycles. The van der Waals surface area contributed by atoms with Crippen LogP contribution in [0.4, 0.5) is 0 Å². The van der Waals surface area contributed by atoms with E-state index in [-0.39, 0.29) is 11.4 Å². The van der Waals surface area contributed by atoms with Gasteiger partial charge in [-0.15, -0.1) is 0 Å². The van der Waals surface area contributed by atoms with Crippen LogP contribution in [0.25, 0.3) is 0 Å². The monoisotopic (exact) mass is 207 g/mol. The van der Waals surface area contributed by atoms with E-state index < -0.39 is 0 Å². The van der Waals surface area contributed by atoms with E-state index in [0.29, 0.717) is 13.0 Å². The Kier molecular flexibility index (Phi) is 3.86. The second kappa shape index (κ2) is 4.94. The highest BCUT2D eigenvalue weighted by atomic mass is 16.5. The molecule has 0 saturated carbocycles. The minimum atomic E-state index is -0.339. The number of carbonyl (C=O) groups excluding carboxylic acids is 1. The standard InChI is InChI=1S/C12H17NO2/c1-12(9-13,8-11(14)15-2)10-6-4-3-5-7-10/h3-7H,8-9,13H2,1-2H3. The van der Waals surface area contributed by atoms with E-state index >= 15 is 0 Å². The van der Waals surface area contributed by atoms with Gasteiger partial charge in [-0.2, -0.15) is 0 Å². The summed E-state index contributed by atoms with van der Waals surface area (Å²) in [4.78, 5) is 11.3. The molecule has 0 saturated heterocycles. The quantitative estimate of drug-likeness (QED) is 0.760. The Labute approximate surface area is 90.2 Å². The smallest absolute Gasteiger partial charge is 0.306 e. The highest BCUT2D eigenvalue weighted by Gasteiger charge is 2.28. The van der Waals surface area contributed by atoms with Crippen molar-refractivity contribution in [3.63, 3.8) is 0 Å². The first kappa shape index (κ1) is 11.7. The molecule has 0 spiro atoms. The Bertz CT molecular complexity index is 324. The molecule has 1 unspecified atom stereocenters. The third-order valence-electron chi connectivity index (χ3n) is 2.68. The second-order valence-corrected chi connectivity index (χ2v) is 3.88. The van der Waals surface area contributed by atoms with E-state index in [1.54, 1.807) is 0 Å². The molecule has 0 aliphatic heterocycles. The average Bonchev–Trinajstić information content (AvgIpc) is 2.30. The molecule has 0 amide bonds. The highest BCUT2D eigenvalue weighted by Crippen LogP contribution is 2.26. The zero-order chi connectivity index (χ0) is 11.3. The fraction of sp³-hybridized carbons (Fsp3) is 0.417. The van der Waals surface area contributed by atoms with Gasteiger partial charge in [0.1, 0.15) is 0 Å². The molecule has 15 heavy (non-hydrogen) atoms. The number of methoxy groups -OCH3 is 1. The van der Waals surface area contributed by atoms with Gasteiger partial charge in [0.15, 0.2) is 0 Å². The normalized spacial score (nSPS) is 14.3. The van der Waals surface area contributed by atoms with Crippen molar-refractivity contribution in [3.8, 4) is 0 Å². The van der Waals surface area contributed by atoms with Gasteiger partial charge in [-0.3, -0.25) is 4.79 Å². The number of rotatable bonds is 4. The van der Waals surface area contributed by atoms with Crippen molar-refractivity contribution in [2.24, 2.45) is 5.73 Å². The summed E-state index contributed by atoms with van der Waals surface area (Å²) >= 11 is 0. The third kappa shape index (κ3) is 2.80. The van der Waals surface area contributed by atoms with Crippen molar-refractivity contribution < 1.29 is 9.53 Å². The molecule has 0 radical (unpaired) electrons. The Morgan fingerprint density at radius 1 is 1.40 bits per heavy atom. The summed E-state index contributed by atoms with van der Waals surface area (Å²) < 4.78 is 4.67. The summed E-state index contributed by atoms with van der Waals surface area (Å²) in [5.74, 6) is -0.230. The van der Waals surface area contributed by atoms with Crippen molar-refractivity contribution in [1.82, 2.24) is 0 Å². The molecule has 0 heterocycles. The molecule has 0 bridgehead atoms. The van der Waals surface area contributed by atoms with Gasteiger partial charge in [-0.05, 0) is 5.56 Å². The van der Waals surface area contributed by atoms with Gasteiger partial charge in [0, 0.05) is 12.0 Å². The van der Waals surface area contributed by atoms with E-state index in [1.165, 1.54) is 7.11 Å². The lowest BCUT2D eigenvalue weighted by Crippen LogP contribution is -2.34. The number of hydrogen-bond acceptors (Lipinski definition) is 3. The van der Waals surface area contributed by atoms with Crippen LogP contribution in [0.1, 0.15) is 18.9 Å². The first-order chi connectivity index (χ1) is 7.12. The summed E-state index contributed by atoms with van der Waals surface area (Å²) in [5.41, 5.74) is 6.46. The fourth-order valence-corrected chi connectivity index (χ4v) is 1.52. The van der Waals surface area contributed by atoms with Crippen LogP contribution in [-0.2, 0) is 14.9 Å². The maximum atomic E-state index is 11.3. The van der Waals surface area contributed by atoms with Crippen LogP contribution in [0.2, 0.25) is 0 Å². The number of esters is 1. The Morgan fingerprint density at radius 3 is 2.47 bits per heavy atom. The first-order valence-corrected chi connectivity index (χ1v) is 4.95. The summed E-state index contributed by atoms with van der Waals surface area (Å²) in [6.07, 6.45) is 0.310. The third-order valence-corrected chi connectivity index (χ3v) is 2.68. The van der Waals surface area contributed by atoms with E-state index in [4.69, 9.17) is 5.73 Å². The van der Waals surface area contributed by atoms with Crippen molar-refractivity contribution in [2.75, 3.05) is 13.7 Å². The molecule has 1 rings (SSSR count). The van der Waals surface area contributed by atoms with Crippen molar-refractivity contribution in [1.29, 1.82) is 0 Å². The van der Waals surface area contributed by atoms with Crippen LogP contribution in [0.15, 0.2) is 30.3 Å². The molecule has 1 aromatic rings. The molecule has 3 nitrogen and oxygen atoms in total. The number of ether oxygens (including phenoxy) is 1. The Hall–Kier alpha value is -1.35. The van der Waals surface area contributed by atoms with Gasteiger partial charge in [0.2, 0.25) is 0 Å². The van der Waals surface area contributed by atoms with Crippen LogP contribution in [0, 0.1) is 0 Å². The maximum Gasteiger partial charge on any atom is 0.306 e. The van der Waals surface area contributed by atoms with Crippen LogP contribution in [0.5, 0.6) is 0 Å². The molecule has 0 fully saturated rings. The summed E-state index contributed by atoms with van der Waals surface area (Å²) in [6, 6.07) is 9.80. The van der Waals surface area contributed by atoms with Gasteiger partial charge in [0.25, 0.3) is 0 Å². The van der Waals surface area contributed by atoms with Crippen LogP contribution in [-0.4, -0.2) is 19.6 Å². The Balaban J connectivity index is 2.90. The van der Waals surface area contributed by atoms with Gasteiger partial charge >= 0.3 is 5.97 Å². The van der Waals surface area contributed by atoms with Gasteiger partial charge < -0.3 is 10.5 Å². The topological polar surface area (TPSA) is 52.3 Å². The molecule has 1 atom stereocenters. The van der Waals surface area contributed by atoms with Crippen LogP contribution in [0.3, 0.4) is 0 Å². The fourth-order valence-electron chi connectivity index (χ4n) is 1.52. The zero-order valence-electron chi connectivity index (χ0n) is 9.19. The SMILES string of the molecule is COC(=O)CC(C)(CN)c1ccccc1. The number of hydrogen-bond donors (Lipinski definition) is 1. The molecule has 0 aliphatic carbocycles. The minimum Gasteiger partial charge on any atom is -0.469 e. The van der Waals surface area contributed by atoms with Gasteiger partial charge in [-0.25, -0.2) is 0 Å². The number of benzene rings is 1. The molecule has 82 valence electrons. The zero-order valence-corrected chi connectivity index (χ0v) is 9.19. The number of nitrogens with two attached hydrogens (primary N) is 1. The summed E-state index contributed by atoms with van der Waals surface area (Å²) in [6.45, 7) is 2.39. The van der Waals surface area contributed by atoms with Crippen LogP contribution < -0.4 is 5.73 Å². The van der Waals surface area contributed by atoms with Gasteiger partial charge in [-0.1, -0.05) is 37.3 Å². The number of carbonyl (C=O) groups is 1. The lowest BCUT2D eigenvalue weighted by molar-refractivity contribution is -0.141. The molecule has 0 aliphatic rings. The second-order valence-electron chi connectivity index (χ2n) is 3.88. The largest absolute Gasteiger partial charge is 0.469 e. The van der Waals surface area contributed by atoms with Crippen molar-refractivity contribution in [2.45, 2.75) is 18.8 Å². The minimum absolute atomic E-state index is 0.230. The van der Waals surface area contributed by atoms with Crippen molar-refractivity contribution >= 4 is 5.97 Å². The predicted octanol–water partition coefficient (Wildman–Crippen LogP) is 1.47. The lowest BCUT2D eigenvalue weighted by Gasteiger charge is -2.27. The molecule has 2 N–H and O–H groups in total. The summed E-state index contributed by atoms with van der Waals surface area (Å²) in [7, 11) is 1.39. The van der Waals surface area contributed by atoms with Gasteiger partial charge in [0.05, 0.1) is 13.5 Å². The maximum absolute atomic E-state index is 11.3.